The molecule has 3 aromatic carbocycles. The van der Waals surface area contributed by atoms with Crippen molar-refractivity contribution in [2.75, 3.05) is 31.1 Å². The van der Waals surface area contributed by atoms with Crippen molar-refractivity contribution in [3.63, 3.8) is 0 Å². The minimum absolute atomic E-state index is 0.00721. The second-order valence-electron chi connectivity index (χ2n) is 7.81. The second kappa shape index (κ2) is 10.9. The molecule has 1 N–H and O–H groups in total. The molecule has 1 amide bonds. The number of hydrogen-bond acceptors (Lipinski definition) is 5. The molecule has 0 radical (unpaired) electrons. The minimum atomic E-state index is -4.22. The summed E-state index contributed by atoms with van der Waals surface area (Å²) in [5.41, 5.74) is 1.84. The van der Waals surface area contributed by atoms with Gasteiger partial charge in [-0.05, 0) is 35.9 Å². The van der Waals surface area contributed by atoms with Crippen LogP contribution < -0.4 is 19.1 Å². The summed E-state index contributed by atoms with van der Waals surface area (Å²) >= 11 is 6.30. The fourth-order valence-electron chi connectivity index (χ4n) is 4.00. The van der Waals surface area contributed by atoms with E-state index in [1.165, 1.54) is 17.5 Å². The molecule has 0 aromatic heterocycles. The zero-order valence-corrected chi connectivity index (χ0v) is 21.2. The van der Waals surface area contributed by atoms with E-state index in [9.17, 15) is 13.2 Å². The van der Waals surface area contributed by atoms with E-state index in [-0.39, 0.29) is 30.2 Å². The quantitative estimate of drug-likeness (QED) is 0.325. The summed E-state index contributed by atoms with van der Waals surface area (Å²) in [6.07, 6.45) is 1.47. The van der Waals surface area contributed by atoms with Crippen LogP contribution in [0.3, 0.4) is 0 Å². The molecular formula is C27H25ClN2O5S. The van der Waals surface area contributed by atoms with Gasteiger partial charge in [-0.15, -0.1) is 6.58 Å². The number of anilines is 1. The molecule has 1 aliphatic heterocycles. The number of hydrogen-bond donors (Lipinski definition) is 1. The van der Waals surface area contributed by atoms with Crippen LogP contribution in [0, 0.1) is 0 Å². The van der Waals surface area contributed by atoms with Gasteiger partial charge in [0.25, 0.3) is 15.9 Å². The first kappa shape index (κ1) is 25.3. The summed E-state index contributed by atoms with van der Waals surface area (Å²) in [5.74, 6) is 0.336. The van der Waals surface area contributed by atoms with Gasteiger partial charge in [-0.2, -0.15) is 0 Å². The summed E-state index contributed by atoms with van der Waals surface area (Å²) in [4.78, 5) is 13.1. The highest BCUT2D eigenvalue weighted by Crippen LogP contribution is 2.43. The summed E-state index contributed by atoms with van der Waals surface area (Å²) < 4.78 is 39.7. The summed E-state index contributed by atoms with van der Waals surface area (Å²) in [5, 5.41) is 3.12. The molecule has 186 valence electrons. The van der Waals surface area contributed by atoms with E-state index < -0.39 is 15.9 Å². The van der Waals surface area contributed by atoms with E-state index in [4.69, 9.17) is 21.1 Å². The number of carbonyl (C=O) groups is 1. The third-order valence-corrected chi connectivity index (χ3v) is 7.62. The lowest BCUT2D eigenvalue weighted by Crippen LogP contribution is -2.42. The lowest BCUT2D eigenvalue weighted by Gasteiger charge is -2.33. The number of nitrogens with one attached hydrogen (secondary N) is 1. The molecule has 0 atom stereocenters. The molecule has 0 saturated heterocycles. The fraction of sp³-hybridized carbons (Fsp3) is 0.148. The van der Waals surface area contributed by atoms with Gasteiger partial charge < -0.3 is 14.8 Å². The number of benzene rings is 3. The number of fused-ring (bicyclic) bond motifs is 1. The standard InChI is InChI=1S/C27H25ClN2O5S/c1-3-16-30-22-14-13-20(28)18-21(22)25(19-9-5-4-6-10-19)26(36(30,32)33)27(31)29-15-17-35-24-12-8-7-11-23(24)34-2/h3-14,18H,1,15-17H2,2H3,(H,29,31). The Bertz CT molecular complexity index is 1420. The van der Waals surface area contributed by atoms with Gasteiger partial charge in [-0.25, -0.2) is 8.42 Å². The van der Waals surface area contributed by atoms with Gasteiger partial charge >= 0.3 is 0 Å². The first-order valence-corrected chi connectivity index (χ1v) is 13.0. The van der Waals surface area contributed by atoms with E-state index in [1.807, 2.05) is 12.1 Å². The maximum Gasteiger partial charge on any atom is 0.270 e. The van der Waals surface area contributed by atoms with E-state index in [2.05, 4.69) is 11.9 Å². The van der Waals surface area contributed by atoms with Crippen LogP contribution >= 0.6 is 11.6 Å². The fourth-order valence-corrected chi connectivity index (χ4v) is 5.90. The highest BCUT2D eigenvalue weighted by Gasteiger charge is 2.40. The molecule has 0 bridgehead atoms. The molecule has 0 saturated carbocycles. The average molecular weight is 525 g/mol. The highest BCUT2D eigenvalue weighted by molar-refractivity contribution is 7.97. The Labute approximate surface area is 215 Å². The molecule has 0 unspecified atom stereocenters. The van der Waals surface area contributed by atoms with Gasteiger partial charge in [-0.3, -0.25) is 9.10 Å². The number of amides is 1. The molecule has 4 rings (SSSR count). The van der Waals surface area contributed by atoms with Crippen LogP contribution in [0.1, 0.15) is 11.1 Å². The first-order valence-electron chi connectivity index (χ1n) is 11.2. The predicted molar refractivity (Wildman–Crippen MR) is 142 cm³/mol. The molecule has 3 aromatic rings. The summed E-state index contributed by atoms with van der Waals surface area (Å²) in [6.45, 7) is 3.86. The zero-order valence-electron chi connectivity index (χ0n) is 19.6. The Hall–Kier alpha value is -3.75. The van der Waals surface area contributed by atoms with Crippen molar-refractivity contribution in [3.8, 4) is 11.5 Å². The Morgan fingerprint density at radius 2 is 1.75 bits per heavy atom. The van der Waals surface area contributed by atoms with Gasteiger partial charge in [0.05, 0.1) is 25.9 Å². The van der Waals surface area contributed by atoms with Crippen molar-refractivity contribution in [1.82, 2.24) is 5.32 Å². The molecular weight excluding hydrogens is 500 g/mol. The van der Waals surface area contributed by atoms with Gasteiger partial charge in [0.2, 0.25) is 0 Å². The maximum absolute atomic E-state index is 13.8. The number of nitrogens with zero attached hydrogens (tertiary/aromatic N) is 1. The van der Waals surface area contributed by atoms with Gasteiger partial charge in [0, 0.05) is 16.2 Å². The Morgan fingerprint density at radius 1 is 1.06 bits per heavy atom. The second-order valence-corrected chi connectivity index (χ2v) is 10.0. The average Bonchev–Trinajstić information content (AvgIpc) is 2.88. The molecule has 36 heavy (non-hydrogen) atoms. The molecule has 1 heterocycles. The minimum Gasteiger partial charge on any atom is -0.493 e. The number of ether oxygens (including phenoxy) is 2. The van der Waals surface area contributed by atoms with Gasteiger partial charge in [0.15, 0.2) is 16.4 Å². The summed E-state index contributed by atoms with van der Waals surface area (Å²) in [6, 6.07) is 21.0. The zero-order chi connectivity index (χ0) is 25.7. The van der Waals surface area contributed by atoms with E-state index in [0.29, 0.717) is 33.3 Å². The van der Waals surface area contributed by atoms with Crippen molar-refractivity contribution in [1.29, 1.82) is 0 Å². The third kappa shape index (κ3) is 4.96. The first-order chi connectivity index (χ1) is 17.4. The van der Waals surface area contributed by atoms with Gasteiger partial charge in [0.1, 0.15) is 6.61 Å². The van der Waals surface area contributed by atoms with Crippen LogP contribution in [-0.4, -0.2) is 41.1 Å². The Morgan fingerprint density at radius 3 is 2.44 bits per heavy atom. The smallest absolute Gasteiger partial charge is 0.270 e. The van der Waals surface area contributed by atoms with E-state index in [0.717, 1.165) is 0 Å². The molecule has 1 aliphatic rings. The normalized spacial score (nSPS) is 14.1. The number of para-hydroxylation sites is 2. The van der Waals surface area contributed by atoms with E-state index >= 15 is 0 Å². The number of carbonyl (C=O) groups excluding carboxylic acids is 1. The van der Waals surface area contributed by atoms with Crippen molar-refractivity contribution in [2.45, 2.75) is 0 Å². The Kier molecular flexibility index (Phi) is 7.67. The topological polar surface area (TPSA) is 84.9 Å². The lowest BCUT2D eigenvalue weighted by atomic mass is 9.95. The van der Waals surface area contributed by atoms with Crippen LogP contribution in [0.2, 0.25) is 5.02 Å². The van der Waals surface area contributed by atoms with Crippen molar-refractivity contribution in [3.05, 3.63) is 107 Å². The van der Waals surface area contributed by atoms with Crippen molar-refractivity contribution < 1.29 is 22.7 Å². The predicted octanol–water partition coefficient (Wildman–Crippen LogP) is 4.64. The van der Waals surface area contributed by atoms with Crippen LogP contribution in [-0.2, 0) is 14.8 Å². The lowest BCUT2D eigenvalue weighted by molar-refractivity contribution is -0.116. The Balaban J connectivity index is 1.72. The van der Waals surface area contributed by atoms with Crippen molar-refractivity contribution in [2.24, 2.45) is 0 Å². The number of methoxy groups -OCH3 is 1. The number of sulfonamides is 1. The van der Waals surface area contributed by atoms with Crippen LogP contribution in [0.15, 0.2) is 90.4 Å². The molecule has 0 fully saturated rings. The monoisotopic (exact) mass is 524 g/mol. The maximum atomic E-state index is 13.8. The van der Waals surface area contributed by atoms with Crippen LogP contribution in [0.5, 0.6) is 11.5 Å². The molecule has 0 spiro atoms. The highest BCUT2D eigenvalue weighted by atomic mass is 35.5. The number of halogens is 1. The third-order valence-electron chi connectivity index (χ3n) is 5.55. The van der Waals surface area contributed by atoms with Crippen molar-refractivity contribution >= 4 is 38.8 Å². The number of rotatable bonds is 9. The largest absolute Gasteiger partial charge is 0.493 e. The van der Waals surface area contributed by atoms with Crippen LogP contribution in [0.25, 0.3) is 5.57 Å². The molecule has 9 heteroatoms. The van der Waals surface area contributed by atoms with E-state index in [1.54, 1.807) is 60.7 Å². The summed E-state index contributed by atoms with van der Waals surface area (Å²) in [7, 11) is -2.69. The van der Waals surface area contributed by atoms with Crippen LogP contribution in [0.4, 0.5) is 5.69 Å². The molecule has 7 nitrogen and oxygen atoms in total. The molecule has 0 aliphatic carbocycles. The van der Waals surface area contributed by atoms with Gasteiger partial charge in [-0.1, -0.05) is 60.1 Å². The SMILES string of the molecule is C=CCN1c2ccc(Cl)cc2C(c2ccccc2)=C(C(=O)NCCOc2ccccc2OC)S1(=O)=O.